The lowest BCUT2D eigenvalue weighted by atomic mass is 9.92. The quantitative estimate of drug-likeness (QED) is 0.239. The van der Waals surface area contributed by atoms with Crippen LogP contribution in [0.25, 0.3) is 0 Å². The number of nitrogens with one attached hydrogen (secondary N) is 1. The van der Waals surface area contributed by atoms with Crippen molar-refractivity contribution < 1.29 is 40.8 Å². The Morgan fingerprint density at radius 2 is 1.61 bits per heavy atom. The Morgan fingerprint density at radius 1 is 0.927 bits per heavy atom. The fraction of sp³-hybridized carbons (Fsp3) is 0.519. The molecule has 1 amide bonds. The molecule has 4 rings (SSSR count). The van der Waals surface area contributed by atoms with E-state index < -0.39 is 34.1 Å². The molecule has 1 aliphatic heterocycles. The van der Waals surface area contributed by atoms with Gasteiger partial charge in [0.2, 0.25) is 5.91 Å². The van der Waals surface area contributed by atoms with Crippen LogP contribution in [0.3, 0.4) is 0 Å². The SMILES string of the molecule is O=C(COC1CCC(Nc2ccc([N+](=O)[O-])c(C(F)(F)F)c2)CC1)N1CCCN(c2ccc(C(F)(F)F)cc2)CC1. The lowest BCUT2D eigenvalue weighted by Gasteiger charge is -2.30. The summed E-state index contributed by atoms with van der Waals surface area (Å²) in [5.74, 6) is -0.176. The molecule has 2 fully saturated rings. The van der Waals surface area contributed by atoms with E-state index in [1.165, 1.54) is 18.2 Å². The van der Waals surface area contributed by atoms with Crippen LogP contribution in [0, 0.1) is 10.1 Å². The number of alkyl halides is 6. The lowest BCUT2D eigenvalue weighted by molar-refractivity contribution is -0.388. The van der Waals surface area contributed by atoms with Crippen LogP contribution >= 0.6 is 0 Å². The first-order valence-electron chi connectivity index (χ1n) is 13.2. The highest BCUT2D eigenvalue weighted by Crippen LogP contribution is 2.38. The summed E-state index contributed by atoms with van der Waals surface area (Å²) in [6, 6.07) is 7.68. The minimum absolute atomic E-state index is 0.111. The number of hydrogen-bond donors (Lipinski definition) is 1. The second kappa shape index (κ2) is 12.5. The average molecular weight is 589 g/mol. The molecule has 0 atom stereocenters. The molecule has 41 heavy (non-hydrogen) atoms. The molecular formula is C27H30F6N4O4. The zero-order chi connectivity index (χ0) is 29.8. The van der Waals surface area contributed by atoms with Gasteiger partial charge in [0.05, 0.1) is 16.6 Å². The van der Waals surface area contributed by atoms with E-state index >= 15 is 0 Å². The first-order valence-corrected chi connectivity index (χ1v) is 13.2. The van der Waals surface area contributed by atoms with E-state index in [0.29, 0.717) is 64.0 Å². The molecule has 1 heterocycles. The van der Waals surface area contributed by atoms with Gasteiger partial charge in [-0.25, -0.2) is 0 Å². The van der Waals surface area contributed by atoms with Gasteiger partial charge in [0.1, 0.15) is 12.2 Å². The first-order chi connectivity index (χ1) is 19.3. The number of amides is 1. The standard InChI is InChI=1S/C27H30F6N4O4/c28-26(29,30)18-2-7-21(8-3-18)35-12-1-13-36(15-14-35)25(38)17-41-22-9-4-19(5-10-22)34-20-6-11-24(37(39)40)23(16-20)27(31,32)33/h2-3,6-8,11,16,19,22,34H,1,4-5,9-10,12-15,17H2. The molecule has 0 bridgehead atoms. The summed E-state index contributed by atoms with van der Waals surface area (Å²) in [4.78, 5) is 26.3. The number of halogens is 6. The minimum atomic E-state index is -4.86. The summed E-state index contributed by atoms with van der Waals surface area (Å²) in [6.45, 7) is 1.89. The molecule has 8 nitrogen and oxygen atoms in total. The monoisotopic (exact) mass is 588 g/mol. The van der Waals surface area contributed by atoms with E-state index in [1.54, 1.807) is 4.90 Å². The van der Waals surface area contributed by atoms with Crippen molar-refractivity contribution in [1.82, 2.24) is 4.90 Å². The summed E-state index contributed by atoms with van der Waals surface area (Å²) in [5, 5.41) is 14.0. The van der Waals surface area contributed by atoms with E-state index in [-0.39, 0.29) is 30.3 Å². The predicted octanol–water partition coefficient (Wildman–Crippen LogP) is 6.11. The van der Waals surface area contributed by atoms with Crippen LogP contribution in [-0.2, 0) is 21.9 Å². The summed E-state index contributed by atoms with van der Waals surface area (Å²) in [6.07, 6.45) is -6.43. The smallest absolute Gasteiger partial charge is 0.382 e. The zero-order valence-corrected chi connectivity index (χ0v) is 22.0. The molecule has 2 aromatic rings. The molecule has 2 aliphatic rings. The molecule has 0 radical (unpaired) electrons. The van der Waals surface area contributed by atoms with Gasteiger partial charge in [0, 0.05) is 49.7 Å². The third kappa shape index (κ3) is 8.02. The number of nitrogens with zero attached hydrogens (tertiary/aromatic N) is 3. The second-order valence-corrected chi connectivity index (χ2v) is 10.2. The number of carbonyl (C=O) groups excluding carboxylic acids is 1. The van der Waals surface area contributed by atoms with Crippen molar-refractivity contribution in [2.24, 2.45) is 0 Å². The lowest BCUT2D eigenvalue weighted by Crippen LogP contribution is -2.39. The van der Waals surface area contributed by atoms with Crippen molar-refractivity contribution >= 4 is 23.0 Å². The average Bonchev–Trinajstić information content (AvgIpc) is 3.18. The number of nitro groups is 1. The van der Waals surface area contributed by atoms with Crippen LogP contribution in [-0.4, -0.2) is 60.7 Å². The number of anilines is 2. The van der Waals surface area contributed by atoms with Gasteiger partial charge in [0.25, 0.3) is 5.69 Å². The molecule has 1 N–H and O–H groups in total. The molecule has 0 unspecified atom stereocenters. The molecule has 224 valence electrons. The van der Waals surface area contributed by atoms with E-state index in [0.717, 1.165) is 24.3 Å². The van der Waals surface area contributed by atoms with Crippen molar-refractivity contribution in [3.63, 3.8) is 0 Å². The van der Waals surface area contributed by atoms with Crippen molar-refractivity contribution in [2.45, 2.75) is 56.6 Å². The van der Waals surface area contributed by atoms with Crippen molar-refractivity contribution in [3.05, 3.63) is 63.7 Å². The number of hydrogen-bond acceptors (Lipinski definition) is 6. The fourth-order valence-corrected chi connectivity index (χ4v) is 5.19. The predicted molar refractivity (Wildman–Crippen MR) is 139 cm³/mol. The third-order valence-corrected chi connectivity index (χ3v) is 7.39. The van der Waals surface area contributed by atoms with E-state index in [2.05, 4.69) is 5.32 Å². The first kappa shape index (κ1) is 30.4. The molecule has 1 saturated carbocycles. The highest BCUT2D eigenvalue weighted by Gasteiger charge is 2.38. The van der Waals surface area contributed by atoms with Crippen LogP contribution in [0.15, 0.2) is 42.5 Å². The molecule has 14 heteroatoms. The van der Waals surface area contributed by atoms with Crippen LogP contribution < -0.4 is 10.2 Å². The van der Waals surface area contributed by atoms with Crippen LogP contribution in [0.1, 0.15) is 43.2 Å². The maximum Gasteiger partial charge on any atom is 0.423 e. The summed E-state index contributed by atoms with van der Waals surface area (Å²) < 4.78 is 84.1. The Hall–Kier alpha value is -3.55. The zero-order valence-electron chi connectivity index (χ0n) is 22.0. The topological polar surface area (TPSA) is 87.9 Å². The van der Waals surface area contributed by atoms with Crippen molar-refractivity contribution in [2.75, 3.05) is 43.0 Å². The number of benzene rings is 2. The van der Waals surface area contributed by atoms with Crippen LogP contribution in [0.2, 0.25) is 0 Å². The van der Waals surface area contributed by atoms with E-state index in [1.807, 2.05) is 4.90 Å². The van der Waals surface area contributed by atoms with Gasteiger partial charge in [0.15, 0.2) is 0 Å². The minimum Gasteiger partial charge on any atom is -0.382 e. The van der Waals surface area contributed by atoms with E-state index in [9.17, 15) is 41.3 Å². The summed E-state index contributed by atoms with van der Waals surface area (Å²) in [5.41, 5.74) is -2.21. The maximum atomic E-state index is 13.3. The Kier molecular flexibility index (Phi) is 9.30. The summed E-state index contributed by atoms with van der Waals surface area (Å²) >= 11 is 0. The van der Waals surface area contributed by atoms with Gasteiger partial charge < -0.3 is 19.9 Å². The van der Waals surface area contributed by atoms with Crippen molar-refractivity contribution in [3.8, 4) is 0 Å². The number of ether oxygens (including phenoxy) is 1. The molecule has 0 aromatic heterocycles. The maximum absolute atomic E-state index is 13.3. The van der Waals surface area contributed by atoms with Gasteiger partial charge in [-0.05, 0) is 68.5 Å². The van der Waals surface area contributed by atoms with E-state index in [4.69, 9.17) is 4.74 Å². The number of nitro benzene ring substituents is 1. The number of carbonyl (C=O) groups is 1. The second-order valence-electron chi connectivity index (χ2n) is 10.2. The number of rotatable bonds is 7. The van der Waals surface area contributed by atoms with Gasteiger partial charge in [-0.2, -0.15) is 26.3 Å². The van der Waals surface area contributed by atoms with Gasteiger partial charge in [-0.15, -0.1) is 0 Å². The Balaban J connectivity index is 1.21. The van der Waals surface area contributed by atoms with Crippen molar-refractivity contribution in [1.29, 1.82) is 0 Å². The Labute approximate surface area is 232 Å². The van der Waals surface area contributed by atoms with Crippen LogP contribution in [0.5, 0.6) is 0 Å². The van der Waals surface area contributed by atoms with Crippen LogP contribution in [0.4, 0.5) is 43.4 Å². The summed E-state index contributed by atoms with van der Waals surface area (Å²) in [7, 11) is 0. The Morgan fingerprint density at radius 3 is 2.22 bits per heavy atom. The fourth-order valence-electron chi connectivity index (χ4n) is 5.19. The molecule has 0 spiro atoms. The molecule has 1 saturated heterocycles. The molecule has 2 aromatic carbocycles. The Bertz CT molecular complexity index is 1210. The highest BCUT2D eigenvalue weighted by molar-refractivity contribution is 5.77. The largest absolute Gasteiger partial charge is 0.423 e. The molecular weight excluding hydrogens is 558 g/mol. The third-order valence-electron chi connectivity index (χ3n) is 7.39. The van der Waals surface area contributed by atoms with Gasteiger partial charge in [-0.1, -0.05) is 0 Å². The van der Waals surface area contributed by atoms with Gasteiger partial charge >= 0.3 is 12.4 Å². The van der Waals surface area contributed by atoms with Gasteiger partial charge in [-0.3, -0.25) is 14.9 Å². The highest BCUT2D eigenvalue weighted by atomic mass is 19.4. The normalized spacial score (nSPS) is 20.4. The molecule has 1 aliphatic carbocycles.